The number of nitrogens with zero attached hydrogens (tertiary/aromatic N) is 2. The minimum absolute atomic E-state index is 0.0852. The average molecular weight is 588 g/mol. The van der Waals surface area contributed by atoms with Gasteiger partial charge in [-0.2, -0.15) is 0 Å². The maximum Gasteiger partial charge on any atom is 0.302 e. The second-order valence-electron chi connectivity index (χ2n) is 9.61. The van der Waals surface area contributed by atoms with Crippen molar-refractivity contribution >= 4 is 47.1 Å². The number of rotatable bonds is 13. The summed E-state index contributed by atoms with van der Waals surface area (Å²) >= 11 is 0. The van der Waals surface area contributed by atoms with Crippen molar-refractivity contribution in [2.45, 2.75) is 50.9 Å². The van der Waals surface area contributed by atoms with Gasteiger partial charge in [0.2, 0.25) is 23.6 Å². The molecule has 226 valence electrons. The van der Waals surface area contributed by atoms with Crippen LogP contribution in [0.15, 0.2) is 36.4 Å². The first-order chi connectivity index (χ1) is 20.0. The number of carbonyl (C=O) groups is 7. The largest absolute Gasteiger partial charge is 0.461 e. The summed E-state index contributed by atoms with van der Waals surface area (Å²) in [4.78, 5) is 87.4. The molecule has 0 bridgehead atoms. The predicted octanol–water partition coefficient (Wildman–Crippen LogP) is -2.05. The summed E-state index contributed by atoms with van der Waals surface area (Å²) in [5, 5.41) is 26.8. The van der Waals surface area contributed by atoms with Crippen LogP contribution in [0.2, 0.25) is 0 Å². The Labute approximate surface area is 240 Å². The quantitative estimate of drug-likeness (QED) is 0.126. The molecule has 0 aromatic heterocycles. The molecule has 0 aliphatic carbocycles. The van der Waals surface area contributed by atoms with E-state index in [1.807, 2.05) is 0 Å². The summed E-state index contributed by atoms with van der Waals surface area (Å²) in [6.45, 7) is -0.288. The summed E-state index contributed by atoms with van der Waals surface area (Å²) in [6, 6.07) is 2.78. The van der Waals surface area contributed by atoms with E-state index in [-0.39, 0.29) is 26.1 Å². The number of hydrogen-bond acceptors (Lipinski definition) is 10. The molecule has 0 radical (unpaired) electrons. The third-order valence-corrected chi connectivity index (χ3v) is 6.60. The number of imide groups is 1. The highest BCUT2D eigenvalue weighted by atomic mass is 16.5. The van der Waals surface area contributed by atoms with E-state index in [2.05, 4.69) is 16.0 Å². The fourth-order valence-corrected chi connectivity index (χ4v) is 4.38. The van der Waals surface area contributed by atoms with Crippen LogP contribution in [0, 0.1) is 0 Å². The third kappa shape index (κ3) is 8.44. The normalized spacial score (nSPS) is 17.5. The lowest BCUT2D eigenvalue weighted by Crippen LogP contribution is -2.58. The molecule has 6 amide bonds. The van der Waals surface area contributed by atoms with E-state index in [9.17, 15) is 43.8 Å². The molecular weight excluding hydrogens is 554 g/mol. The monoisotopic (exact) mass is 587 g/mol. The van der Waals surface area contributed by atoms with Crippen molar-refractivity contribution < 1.29 is 48.5 Å². The van der Waals surface area contributed by atoms with E-state index >= 15 is 0 Å². The molecule has 42 heavy (non-hydrogen) atoms. The lowest BCUT2D eigenvalue weighted by Gasteiger charge is -2.28. The zero-order chi connectivity index (χ0) is 30.8. The van der Waals surface area contributed by atoms with Gasteiger partial charge in [-0.3, -0.25) is 38.5 Å². The first-order valence-corrected chi connectivity index (χ1v) is 13.2. The lowest BCUT2D eigenvalue weighted by atomic mass is 10.1. The van der Waals surface area contributed by atoms with E-state index in [0.29, 0.717) is 24.1 Å². The number of amides is 6. The van der Waals surface area contributed by atoms with Crippen LogP contribution >= 0.6 is 0 Å². The molecular formula is C27H33N5O10. The second-order valence-corrected chi connectivity index (χ2v) is 9.61. The maximum atomic E-state index is 13.2. The number of nitrogens with one attached hydrogen (secondary N) is 3. The molecule has 2 heterocycles. The van der Waals surface area contributed by atoms with Crippen molar-refractivity contribution in [1.29, 1.82) is 0 Å². The lowest BCUT2D eigenvalue weighted by molar-refractivity contribution is -0.142. The van der Waals surface area contributed by atoms with Gasteiger partial charge in [-0.05, 0) is 30.5 Å². The van der Waals surface area contributed by atoms with E-state index in [1.54, 1.807) is 24.3 Å². The van der Waals surface area contributed by atoms with Crippen LogP contribution in [-0.4, -0.2) is 106 Å². The third-order valence-electron chi connectivity index (χ3n) is 6.60. The average Bonchev–Trinajstić information content (AvgIpc) is 3.59. The molecule has 5 N–H and O–H groups in total. The summed E-state index contributed by atoms with van der Waals surface area (Å²) in [7, 11) is 0. The van der Waals surface area contributed by atoms with E-state index in [1.165, 1.54) is 11.8 Å². The predicted molar refractivity (Wildman–Crippen MR) is 144 cm³/mol. The van der Waals surface area contributed by atoms with Gasteiger partial charge in [0, 0.05) is 44.3 Å². The molecule has 2 aliphatic heterocycles. The molecule has 1 aromatic carbocycles. The molecule has 1 fully saturated rings. The van der Waals surface area contributed by atoms with Crippen LogP contribution < -0.4 is 16.0 Å². The Hall–Kier alpha value is -4.63. The number of aliphatic hydroxyl groups excluding tert-OH is 2. The molecule has 15 nitrogen and oxygen atoms in total. The fourth-order valence-electron chi connectivity index (χ4n) is 4.38. The van der Waals surface area contributed by atoms with Gasteiger partial charge in [0.05, 0.1) is 13.2 Å². The number of carbonyl (C=O) groups excluding carboxylic acids is 7. The summed E-state index contributed by atoms with van der Waals surface area (Å²) in [6.07, 6.45) is 2.66. The molecule has 0 unspecified atom stereocenters. The van der Waals surface area contributed by atoms with Crippen LogP contribution in [0.3, 0.4) is 0 Å². The number of benzene rings is 1. The molecule has 0 saturated carbocycles. The van der Waals surface area contributed by atoms with Crippen LogP contribution in [0.5, 0.6) is 0 Å². The van der Waals surface area contributed by atoms with Gasteiger partial charge < -0.3 is 35.8 Å². The Balaban J connectivity index is 1.54. The summed E-state index contributed by atoms with van der Waals surface area (Å²) < 4.78 is 4.93. The number of anilines is 1. The Bertz CT molecular complexity index is 1230. The number of likely N-dealkylation sites (tertiary alicyclic amines) is 1. The molecule has 1 aromatic rings. The van der Waals surface area contributed by atoms with E-state index in [0.717, 1.165) is 17.1 Å². The minimum Gasteiger partial charge on any atom is -0.461 e. The smallest absolute Gasteiger partial charge is 0.302 e. The van der Waals surface area contributed by atoms with Crippen molar-refractivity contribution in [1.82, 2.24) is 20.4 Å². The summed E-state index contributed by atoms with van der Waals surface area (Å²) in [5.41, 5.74) is 1.17. The fraction of sp³-hybridized carbons (Fsp3) is 0.444. The van der Waals surface area contributed by atoms with Crippen molar-refractivity contribution in [3.05, 3.63) is 42.0 Å². The molecule has 15 heteroatoms. The highest BCUT2D eigenvalue weighted by Gasteiger charge is 2.38. The van der Waals surface area contributed by atoms with Crippen molar-refractivity contribution in [3.8, 4) is 0 Å². The van der Waals surface area contributed by atoms with E-state index in [4.69, 9.17) is 4.74 Å². The zero-order valence-corrected chi connectivity index (χ0v) is 22.9. The Morgan fingerprint density at radius 2 is 1.62 bits per heavy atom. The SMILES string of the molecule is CC(=O)OCc1ccc(NC(=O)[C@@H]2CCCN2C(=O)[C@H](CO)NC(=O)[C@H](CO)NC(=O)CCN2C(=O)C=CC2=O)cc1. The molecule has 2 aliphatic rings. The van der Waals surface area contributed by atoms with Gasteiger partial charge in [0.15, 0.2) is 0 Å². The number of hydrogen-bond donors (Lipinski definition) is 5. The van der Waals surface area contributed by atoms with Crippen molar-refractivity contribution in [2.75, 3.05) is 31.6 Å². The van der Waals surface area contributed by atoms with Gasteiger partial charge in [0.25, 0.3) is 11.8 Å². The number of esters is 1. The van der Waals surface area contributed by atoms with E-state index < -0.39 is 72.8 Å². The molecule has 3 atom stereocenters. The second kappa shape index (κ2) is 14.8. The van der Waals surface area contributed by atoms with Crippen molar-refractivity contribution in [2.24, 2.45) is 0 Å². The Morgan fingerprint density at radius 1 is 0.976 bits per heavy atom. The van der Waals surface area contributed by atoms with Crippen LogP contribution in [0.1, 0.15) is 31.7 Å². The van der Waals surface area contributed by atoms with Gasteiger partial charge in [0.1, 0.15) is 24.7 Å². The van der Waals surface area contributed by atoms with Crippen molar-refractivity contribution in [3.63, 3.8) is 0 Å². The topological polar surface area (TPSA) is 212 Å². The zero-order valence-electron chi connectivity index (χ0n) is 22.9. The van der Waals surface area contributed by atoms with Crippen LogP contribution in [0.25, 0.3) is 0 Å². The number of aliphatic hydroxyl groups is 2. The van der Waals surface area contributed by atoms with Gasteiger partial charge in [-0.1, -0.05) is 12.1 Å². The van der Waals surface area contributed by atoms with Gasteiger partial charge in [-0.25, -0.2) is 0 Å². The number of ether oxygens (including phenoxy) is 1. The van der Waals surface area contributed by atoms with Crippen LogP contribution in [0.4, 0.5) is 5.69 Å². The molecule has 0 spiro atoms. The minimum atomic E-state index is -1.48. The first kappa shape index (κ1) is 31.9. The maximum absolute atomic E-state index is 13.2. The molecule has 3 rings (SSSR count). The van der Waals surface area contributed by atoms with Gasteiger partial charge in [-0.15, -0.1) is 0 Å². The van der Waals surface area contributed by atoms with Gasteiger partial charge >= 0.3 is 5.97 Å². The highest BCUT2D eigenvalue weighted by molar-refractivity contribution is 6.13. The summed E-state index contributed by atoms with van der Waals surface area (Å²) in [5.74, 6) is -4.45. The Morgan fingerprint density at radius 3 is 2.21 bits per heavy atom. The highest BCUT2D eigenvalue weighted by Crippen LogP contribution is 2.21. The molecule has 1 saturated heterocycles. The first-order valence-electron chi connectivity index (χ1n) is 13.2. The van der Waals surface area contributed by atoms with Crippen LogP contribution in [-0.2, 0) is 44.9 Å². The standard InChI is InChI=1S/C27H33N5O10/c1-16(35)42-15-17-4-6-18(7-5-17)28-26(40)21-3-2-11-31(21)27(41)20(14-34)30-25(39)19(13-33)29-22(36)10-12-32-23(37)8-9-24(32)38/h4-9,19-21,33-34H,2-3,10-15H2,1H3,(H,28,40)(H,29,36)(H,30,39)/t19-,20-,21-/m0/s1. The Kier molecular flexibility index (Phi) is 11.3.